The molecule has 6 aromatic rings. The number of aliphatic carboxylic acids is 1. The number of carbonyl (C=O) groups excluding carboxylic acids is 1. The van der Waals surface area contributed by atoms with Crippen LogP contribution in [0.1, 0.15) is 88.5 Å². The van der Waals surface area contributed by atoms with Crippen molar-refractivity contribution in [3.63, 3.8) is 0 Å². The quantitative estimate of drug-likeness (QED) is 0.157. The summed E-state index contributed by atoms with van der Waals surface area (Å²) in [6.45, 7) is 8.19. The van der Waals surface area contributed by atoms with Gasteiger partial charge < -0.3 is 20.1 Å². The van der Waals surface area contributed by atoms with Crippen LogP contribution in [0.5, 0.6) is 0 Å². The number of esters is 1. The molecule has 4 aliphatic rings. The Morgan fingerprint density at radius 3 is 1.51 bits per heavy atom. The lowest BCUT2D eigenvalue weighted by molar-refractivity contribution is -0.175. The van der Waals surface area contributed by atoms with Crippen molar-refractivity contribution in [2.75, 3.05) is 7.11 Å². The molecule has 3 N–H and O–H groups in total. The molecule has 0 aliphatic heterocycles. The number of aliphatic hydroxyl groups excluding tert-OH is 2. The van der Waals surface area contributed by atoms with Gasteiger partial charge in [0.05, 0.1) is 52.2 Å². The van der Waals surface area contributed by atoms with E-state index in [1.807, 2.05) is 6.92 Å². The van der Waals surface area contributed by atoms with Crippen LogP contribution >= 0.6 is 0 Å². The number of rotatable bonds is 3. The number of aliphatic hydroxyl groups is 2. The standard InChI is InChI=1S/C47H50N2O6/c1-44-20-18-40(50)46(3,42(52)53)38(44)16-14-26-22-36-30(24-32(26)44)28-10-6-8-12-34(28)48(36)49-35-13-9-7-11-29(35)31-25-33-27(23-37(31)49)15-17-39-45(33,2)21-19-41(51)47(39,4)43(54)55-5/h6-13,22-25,38-41,50-51H,14-21H2,1-5H3,(H,52,53). The SMILES string of the molecule is COC(=O)C1(C)C(O)CCC2(C)c3cc4c5ccccc5n(-n5c6ccccc6c6cc7c(cc65)CCC5C7(C)CCC(O)C5(C)C(=O)O)c4cc3CCC21. The van der Waals surface area contributed by atoms with Gasteiger partial charge in [-0.2, -0.15) is 0 Å². The fourth-order valence-electron chi connectivity index (χ4n) is 12.9. The predicted molar refractivity (Wildman–Crippen MR) is 214 cm³/mol. The average molecular weight is 739 g/mol. The Bertz CT molecular complexity index is 2640. The largest absolute Gasteiger partial charge is 0.481 e. The summed E-state index contributed by atoms with van der Waals surface area (Å²) < 4.78 is 10.1. The third-order valence-corrected chi connectivity index (χ3v) is 15.9. The molecule has 4 aromatic carbocycles. The Hall–Kier alpha value is -4.66. The molecule has 55 heavy (non-hydrogen) atoms. The van der Waals surface area contributed by atoms with Crippen LogP contribution in [0.15, 0.2) is 72.8 Å². The van der Waals surface area contributed by atoms with Crippen LogP contribution in [0.2, 0.25) is 0 Å². The molecule has 2 aromatic heterocycles. The Morgan fingerprint density at radius 2 is 1.05 bits per heavy atom. The van der Waals surface area contributed by atoms with Crippen LogP contribution in [0.25, 0.3) is 43.6 Å². The van der Waals surface area contributed by atoms with E-state index in [9.17, 15) is 24.9 Å². The maximum Gasteiger partial charge on any atom is 0.314 e. The smallest absolute Gasteiger partial charge is 0.314 e. The Kier molecular flexibility index (Phi) is 7.25. The normalized spacial score (nSPS) is 32.9. The molecule has 0 spiro atoms. The van der Waals surface area contributed by atoms with E-state index in [-0.39, 0.29) is 28.6 Å². The van der Waals surface area contributed by atoms with E-state index in [1.165, 1.54) is 29.4 Å². The maximum absolute atomic E-state index is 13.4. The molecule has 8 heteroatoms. The highest BCUT2D eigenvalue weighted by atomic mass is 16.5. The van der Waals surface area contributed by atoms with Gasteiger partial charge in [-0.25, -0.2) is 9.35 Å². The highest BCUT2D eigenvalue weighted by molar-refractivity contribution is 6.12. The fourth-order valence-corrected chi connectivity index (χ4v) is 12.9. The van der Waals surface area contributed by atoms with Crippen LogP contribution in [0.3, 0.4) is 0 Å². The zero-order chi connectivity index (χ0) is 38.4. The first kappa shape index (κ1) is 34.8. The first-order chi connectivity index (χ1) is 26.3. The second-order valence-electron chi connectivity index (χ2n) is 18.2. The van der Waals surface area contributed by atoms with Gasteiger partial charge in [-0.1, -0.05) is 50.2 Å². The zero-order valence-electron chi connectivity index (χ0n) is 32.4. The van der Waals surface area contributed by atoms with Crippen LogP contribution in [-0.4, -0.2) is 55.9 Å². The van der Waals surface area contributed by atoms with E-state index in [4.69, 9.17) is 4.74 Å². The minimum absolute atomic E-state index is 0.0553. The van der Waals surface area contributed by atoms with Gasteiger partial charge in [-0.15, -0.1) is 0 Å². The van der Waals surface area contributed by atoms with Crippen LogP contribution in [0, 0.1) is 22.7 Å². The van der Waals surface area contributed by atoms with E-state index in [2.05, 4.69) is 96.0 Å². The van der Waals surface area contributed by atoms with Crippen molar-refractivity contribution in [3.8, 4) is 0 Å². The number of carboxylic acids is 1. The summed E-state index contributed by atoms with van der Waals surface area (Å²) in [7, 11) is 1.43. The molecule has 284 valence electrons. The lowest BCUT2D eigenvalue weighted by Crippen LogP contribution is -2.58. The molecule has 4 aliphatic carbocycles. The van der Waals surface area contributed by atoms with Crippen molar-refractivity contribution in [3.05, 3.63) is 95.1 Å². The summed E-state index contributed by atoms with van der Waals surface area (Å²) in [5, 5.41) is 37.5. The topological polar surface area (TPSA) is 114 Å². The van der Waals surface area contributed by atoms with Gasteiger partial charge in [-0.05, 0) is 147 Å². The lowest BCUT2D eigenvalue weighted by atomic mass is 9.49. The molecule has 10 rings (SSSR count). The third kappa shape index (κ3) is 4.25. The minimum atomic E-state index is -1.21. The van der Waals surface area contributed by atoms with Crippen molar-refractivity contribution in [1.82, 2.24) is 9.35 Å². The summed E-state index contributed by atoms with van der Waals surface area (Å²) >= 11 is 0. The minimum Gasteiger partial charge on any atom is -0.481 e. The van der Waals surface area contributed by atoms with Crippen LogP contribution in [-0.2, 0) is 38.0 Å². The zero-order valence-corrected chi connectivity index (χ0v) is 32.4. The molecule has 0 amide bonds. The number of carboxylic acid groups (broad SMARTS) is 1. The van der Waals surface area contributed by atoms with Crippen molar-refractivity contribution in [2.24, 2.45) is 22.7 Å². The van der Waals surface area contributed by atoms with Crippen molar-refractivity contribution in [1.29, 1.82) is 0 Å². The molecule has 0 saturated heterocycles. The number of fused-ring (bicyclic) bond motifs is 12. The van der Waals surface area contributed by atoms with E-state index in [1.54, 1.807) is 6.92 Å². The number of carbonyl (C=O) groups is 2. The average Bonchev–Trinajstić information content (AvgIpc) is 3.67. The van der Waals surface area contributed by atoms with Gasteiger partial charge in [0.15, 0.2) is 0 Å². The Balaban J connectivity index is 1.21. The molecule has 2 fully saturated rings. The van der Waals surface area contributed by atoms with Crippen molar-refractivity contribution < 1.29 is 29.6 Å². The van der Waals surface area contributed by atoms with Gasteiger partial charge >= 0.3 is 11.9 Å². The number of aryl methyl sites for hydroxylation is 2. The highest BCUT2D eigenvalue weighted by Gasteiger charge is 2.61. The number of nitrogens with zero attached hydrogens (tertiary/aromatic N) is 2. The Morgan fingerprint density at radius 1 is 0.618 bits per heavy atom. The number of aromatic nitrogens is 2. The first-order valence-electron chi connectivity index (χ1n) is 20.1. The summed E-state index contributed by atoms with van der Waals surface area (Å²) in [5.74, 6) is -1.47. The number of para-hydroxylation sites is 2. The van der Waals surface area contributed by atoms with Crippen LogP contribution < -0.4 is 0 Å². The van der Waals surface area contributed by atoms with Gasteiger partial charge in [0.2, 0.25) is 0 Å². The Labute approximate surface area is 320 Å². The number of hydrogen-bond donors (Lipinski definition) is 3. The molecule has 2 saturated carbocycles. The first-order valence-corrected chi connectivity index (χ1v) is 20.1. The van der Waals surface area contributed by atoms with Gasteiger partial charge in [0.1, 0.15) is 0 Å². The van der Waals surface area contributed by atoms with E-state index < -0.39 is 29.0 Å². The molecule has 0 radical (unpaired) electrons. The fraction of sp³-hybridized carbons (Fsp3) is 0.447. The van der Waals surface area contributed by atoms with Crippen molar-refractivity contribution >= 4 is 55.6 Å². The summed E-state index contributed by atoms with van der Waals surface area (Å²) in [5.41, 5.74) is 6.59. The monoisotopic (exact) mass is 738 g/mol. The number of ether oxygens (including phenoxy) is 1. The molecular weight excluding hydrogens is 689 g/mol. The lowest BCUT2D eigenvalue weighted by Gasteiger charge is -2.55. The van der Waals surface area contributed by atoms with Crippen LogP contribution in [0.4, 0.5) is 0 Å². The third-order valence-electron chi connectivity index (χ3n) is 15.9. The predicted octanol–water partition coefficient (Wildman–Crippen LogP) is 8.43. The molecule has 8 nitrogen and oxygen atoms in total. The van der Waals surface area contributed by atoms with Gasteiger partial charge in [0.25, 0.3) is 0 Å². The van der Waals surface area contributed by atoms with Gasteiger partial charge in [0, 0.05) is 21.5 Å². The number of hydrogen-bond acceptors (Lipinski definition) is 5. The molecule has 2 heterocycles. The highest BCUT2D eigenvalue weighted by Crippen LogP contribution is 2.60. The summed E-state index contributed by atoms with van der Waals surface area (Å²) in [6.07, 6.45) is 3.98. The maximum atomic E-state index is 13.4. The van der Waals surface area contributed by atoms with E-state index in [0.717, 1.165) is 75.7 Å². The van der Waals surface area contributed by atoms with Gasteiger partial charge in [-0.3, -0.25) is 9.59 Å². The van der Waals surface area contributed by atoms with E-state index in [0.29, 0.717) is 19.3 Å². The second-order valence-corrected chi connectivity index (χ2v) is 18.2. The van der Waals surface area contributed by atoms with Crippen molar-refractivity contribution in [2.45, 2.75) is 102 Å². The summed E-state index contributed by atoms with van der Waals surface area (Å²) in [4.78, 5) is 26.2. The number of benzene rings is 4. The molecule has 0 bridgehead atoms. The number of methoxy groups -OCH3 is 1. The summed E-state index contributed by atoms with van der Waals surface area (Å²) in [6, 6.07) is 26.7. The molecule has 8 unspecified atom stereocenters. The van der Waals surface area contributed by atoms with E-state index >= 15 is 0 Å². The second kappa shape index (κ2) is 11.5. The molecular formula is C47H50N2O6. The molecule has 8 atom stereocenters.